The van der Waals surface area contributed by atoms with E-state index in [9.17, 15) is 9.65 Å². The maximum Gasteiger partial charge on any atom is 0.134 e. The molecule has 168 valence electrons. The number of benzene rings is 1. The molecule has 0 unspecified atom stereocenters. The summed E-state index contributed by atoms with van der Waals surface area (Å²) in [4.78, 5) is 11.5. The van der Waals surface area contributed by atoms with Crippen molar-refractivity contribution in [1.29, 1.82) is 5.26 Å². The molecule has 4 heterocycles. The van der Waals surface area contributed by atoms with Gasteiger partial charge in [-0.15, -0.1) is 0 Å². The Hall–Kier alpha value is -3.37. The molecule has 2 aromatic rings. The van der Waals surface area contributed by atoms with E-state index in [0.29, 0.717) is 24.7 Å². The zero-order chi connectivity index (χ0) is 22.7. The van der Waals surface area contributed by atoms with Crippen LogP contribution in [0.3, 0.4) is 0 Å². The first kappa shape index (κ1) is 20.3. The summed E-state index contributed by atoms with van der Waals surface area (Å²) in [5.74, 6) is 0. The van der Waals surface area contributed by atoms with Crippen LogP contribution in [0.5, 0.6) is 0 Å². The van der Waals surface area contributed by atoms with Gasteiger partial charge in [-0.25, -0.2) is 4.39 Å². The molecule has 2 saturated heterocycles. The second kappa shape index (κ2) is 7.60. The number of hydrogen-bond acceptors (Lipinski definition) is 6. The summed E-state index contributed by atoms with van der Waals surface area (Å²) in [6, 6.07) is 10.2. The number of nitrogens with zero attached hydrogens (tertiary/aromatic N) is 5. The molecule has 6 nitrogen and oxygen atoms in total. The van der Waals surface area contributed by atoms with Crippen molar-refractivity contribution < 1.29 is 4.39 Å². The number of hydrogen-bond donors (Lipinski definition) is 1. The highest BCUT2D eigenvalue weighted by atomic mass is 19.1. The molecule has 0 radical (unpaired) electrons. The van der Waals surface area contributed by atoms with Gasteiger partial charge in [0, 0.05) is 54.3 Å². The van der Waals surface area contributed by atoms with Crippen LogP contribution in [-0.2, 0) is 0 Å². The fraction of sp³-hybridized carbons (Fsp3) is 0.385. The predicted molar refractivity (Wildman–Crippen MR) is 127 cm³/mol. The molecular formula is C26H27FN6. The fourth-order valence-corrected chi connectivity index (χ4v) is 5.76. The van der Waals surface area contributed by atoms with Gasteiger partial charge in [0.05, 0.1) is 30.2 Å². The monoisotopic (exact) mass is 442 g/mol. The lowest BCUT2D eigenvalue weighted by molar-refractivity contribution is 0.274. The second-order valence-corrected chi connectivity index (χ2v) is 9.51. The fourth-order valence-electron chi connectivity index (χ4n) is 5.76. The van der Waals surface area contributed by atoms with E-state index < -0.39 is 12.2 Å². The van der Waals surface area contributed by atoms with Gasteiger partial charge in [0.2, 0.25) is 0 Å². The first-order valence-electron chi connectivity index (χ1n) is 11.6. The SMILES string of the molecule is C[C@@H]1CN(c2ccc(C#N)c3ncccc23)CC2=C3CC=C(N4C[C@@H](F)[C@@H](N)C4)C=C3CN21. The predicted octanol–water partition coefficient (Wildman–Crippen LogP) is 3.08. The number of anilines is 1. The largest absolute Gasteiger partial charge is 0.367 e. The van der Waals surface area contributed by atoms with Crippen LogP contribution in [0, 0.1) is 11.3 Å². The normalized spacial score (nSPS) is 26.8. The lowest BCUT2D eigenvalue weighted by Gasteiger charge is -2.42. The number of fused-ring (bicyclic) bond motifs is 3. The van der Waals surface area contributed by atoms with Crippen LogP contribution in [-0.4, -0.2) is 65.8 Å². The lowest BCUT2D eigenvalue weighted by atomic mass is 9.96. The molecule has 7 heteroatoms. The lowest BCUT2D eigenvalue weighted by Crippen LogP contribution is -2.49. The molecule has 0 spiro atoms. The standard InChI is InChI=1S/C26H27FN6/c1-16-11-32(24-7-4-17(10-28)26-21(24)3-2-8-30-26)15-25-20-6-5-19(9-18(20)12-33(16)25)31-13-22(27)23(29)14-31/h2-5,7-9,16,22-23H,6,11-15,29H2,1H3/t16-,22-,23+/m1/s1. The summed E-state index contributed by atoms with van der Waals surface area (Å²) < 4.78 is 14.0. The average Bonchev–Trinajstić information content (AvgIpc) is 3.37. The minimum atomic E-state index is -0.954. The van der Waals surface area contributed by atoms with E-state index in [0.717, 1.165) is 48.3 Å². The Morgan fingerprint density at radius 3 is 2.82 bits per heavy atom. The Morgan fingerprint density at radius 2 is 2.03 bits per heavy atom. The molecule has 0 amide bonds. The van der Waals surface area contributed by atoms with Crippen molar-refractivity contribution in [2.24, 2.45) is 5.73 Å². The molecule has 1 aromatic carbocycles. The Bertz CT molecular complexity index is 1260. The highest BCUT2D eigenvalue weighted by molar-refractivity contribution is 5.95. The van der Waals surface area contributed by atoms with E-state index >= 15 is 0 Å². The molecule has 6 rings (SSSR count). The molecule has 1 aliphatic carbocycles. The quantitative estimate of drug-likeness (QED) is 0.771. The Morgan fingerprint density at radius 1 is 1.15 bits per heavy atom. The zero-order valence-corrected chi connectivity index (χ0v) is 18.7. The number of nitriles is 1. The van der Waals surface area contributed by atoms with Gasteiger partial charge in [-0.2, -0.15) is 5.26 Å². The molecule has 0 saturated carbocycles. The molecule has 2 N–H and O–H groups in total. The summed E-state index contributed by atoms with van der Waals surface area (Å²) in [5.41, 5.74) is 13.6. The Labute approximate surface area is 193 Å². The van der Waals surface area contributed by atoms with Crippen LogP contribution in [0.2, 0.25) is 0 Å². The molecule has 3 aliphatic heterocycles. The third-order valence-corrected chi connectivity index (χ3v) is 7.48. The van der Waals surface area contributed by atoms with E-state index in [1.54, 1.807) is 6.20 Å². The molecule has 1 aromatic heterocycles. The first-order valence-corrected chi connectivity index (χ1v) is 11.6. The van der Waals surface area contributed by atoms with Gasteiger partial charge in [-0.3, -0.25) is 4.98 Å². The Balaban J connectivity index is 1.32. The third-order valence-electron chi connectivity index (χ3n) is 7.48. The summed E-state index contributed by atoms with van der Waals surface area (Å²) in [5, 5.41) is 10.5. The number of likely N-dealkylation sites (tertiary alicyclic amines) is 1. The maximum absolute atomic E-state index is 14.0. The van der Waals surface area contributed by atoms with Crippen LogP contribution in [0.25, 0.3) is 10.9 Å². The van der Waals surface area contributed by atoms with Gasteiger partial charge < -0.3 is 20.4 Å². The molecule has 2 fully saturated rings. The van der Waals surface area contributed by atoms with Crippen molar-refractivity contribution in [3.8, 4) is 6.07 Å². The van der Waals surface area contributed by atoms with Gasteiger partial charge in [-0.1, -0.05) is 6.08 Å². The summed E-state index contributed by atoms with van der Waals surface area (Å²) >= 11 is 0. The van der Waals surface area contributed by atoms with Crippen LogP contribution in [0.4, 0.5) is 10.1 Å². The summed E-state index contributed by atoms with van der Waals surface area (Å²) in [7, 11) is 0. The second-order valence-electron chi connectivity index (χ2n) is 9.51. The number of pyridine rings is 1. The van der Waals surface area contributed by atoms with E-state index in [4.69, 9.17) is 5.73 Å². The number of rotatable bonds is 2. The van der Waals surface area contributed by atoms with Crippen molar-refractivity contribution in [3.63, 3.8) is 0 Å². The average molecular weight is 443 g/mol. The van der Waals surface area contributed by atoms with Crippen molar-refractivity contribution >= 4 is 16.6 Å². The number of nitrogens with two attached hydrogens (primary N) is 1. The highest BCUT2D eigenvalue weighted by Crippen LogP contribution is 2.41. The van der Waals surface area contributed by atoms with Gasteiger partial charge in [0.25, 0.3) is 0 Å². The van der Waals surface area contributed by atoms with Crippen LogP contribution >= 0.6 is 0 Å². The smallest absolute Gasteiger partial charge is 0.134 e. The first-order chi connectivity index (χ1) is 16.0. The van der Waals surface area contributed by atoms with Gasteiger partial charge in [0.1, 0.15) is 12.2 Å². The van der Waals surface area contributed by atoms with Crippen LogP contribution < -0.4 is 10.6 Å². The molecule has 33 heavy (non-hydrogen) atoms. The molecular weight excluding hydrogens is 415 g/mol. The van der Waals surface area contributed by atoms with Gasteiger partial charge in [-0.05, 0) is 54.8 Å². The van der Waals surface area contributed by atoms with Gasteiger partial charge >= 0.3 is 0 Å². The van der Waals surface area contributed by atoms with E-state index in [-0.39, 0.29) is 0 Å². The van der Waals surface area contributed by atoms with Crippen LogP contribution in [0.1, 0.15) is 18.9 Å². The van der Waals surface area contributed by atoms with Crippen molar-refractivity contribution in [3.05, 3.63) is 70.7 Å². The van der Waals surface area contributed by atoms with Crippen LogP contribution in [0.15, 0.2) is 65.2 Å². The zero-order valence-electron chi connectivity index (χ0n) is 18.7. The van der Waals surface area contributed by atoms with E-state index in [1.165, 1.54) is 16.8 Å². The van der Waals surface area contributed by atoms with Crippen molar-refractivity contribution in [2.75, 3.05) is 37.6 Å². The van der Waals surface area contributed by atoms with E-state index in [2.05, 4.69) is 57.0 Å². The van der Waals surface area contributed by atoms with Gasteiger partial charge in [0.15, 0.2) is 0 Å². The summed E-state index contributed by atoms with van der Waals surface area (Å²) in [6.45, 7) is 5.89. The number of piperazine rings is 1. The number of alkyl halides is 1. The third kappa shape index (κ3) is 3.20. The minimum absolute atomic E-state index is 0.356. The molecule has 4 aliphatic rings. The van der Waals surface area contributed by atoms with E-state index in [1.807, 2.05) is 12.1 Å². The number of halogens is 1. The minimum Gasteiger partial charge on any atom is -0.367 e. The Kier molecular flexibility index (Phi) is 4.66. The van der Waals surface area contributed by atoms with Crippen molar-refractivity contribution in [2.45, 2.75) is 31.6 Å². The molecule has 0 bridgehead atoms. The maximum atomic E-state index is 14.0. The van der Waals surface area contributed by atoms with Crippen molar-refractivity contribution in [1.82, 2.24) is 14.8 Å². The highest BCUT2D eigenvalue weighted by Gasteiger charge is 2.38. The number of aromatic nitrogens is 1. The topological polar surface area (TPSA) is 72.4 Å². The summed E-state index contributed by atoms with van der Waals surface area (Å²) in [6.07, 6.45) is 6.13. The number of allylic oxidation sites excluding steroid dienone is 2. The molecule has 3 atom stereocenters.